The quantitative estimate of drug-likeness (QED) is 0.602. The third-order valence-electron chi connectivity index (χ3n) is 3.67. The molecule has 0 spiro atoms. The minimum atomic E-state index is -4.81. The first-order valence-electron chi connectivity index (χ1n) is 7.50. The van der Waals surface area contributed by atoms with E-state index in [-0.39, 0.29) is 22.1 Å². The van der Waals surface area contributed by atoms with E-state index in [4.69, 9.17) is 32.7 Å². The maximum Gasteiger partial charge on any atom is 0.430 e. The normalized spacial score (nSPS) is 16.1. The molecule has 27 heavy (non-hydrogen) atoms. The fraction of sp³-hybridized carbons (Fsp3) is 0.167. The minimum Gasteiger partial charge on any atom is -0.475 e. The van der Waals surface area contributed by atoms with Crippen molar-refractivity contribution in [3.05, 3.63) is 57.6 Å². The molecule has 1 unspecified atom stereocenters. The van der Waals surface area contributed by atoms with Gasteiger partial charge in [0, 0.05) is 5.02 Å². The predicted molar refractivity (Wildman–Crippen MR) is 93.4 cm³/mol. The topological polar surface area (TPSA) is 44.8 Å². The van der Waals surface area contributed by atoms with Gasteiger partial charge in [0.15, 0.2) is 5.75 Å². The molecule has 2 aromatic rings. The maximum atomic E-state index is 13.3. The van der Waals surface area contributed by atoms with Gasteiger partial charge in [0.25, 0.3) is 0 Å². The number of rotatable bonds is 3. The molecule has 1 atom stereocenters. The Balaban J connectivity index is 2.12. The van der Waals surface area contributed by atoms with E-state index >= 15 is 0 Å². The number of benzene rings is 2. The van der Waals surface area contributed by atoms with Gasteiger partial charge < -0.3 is 14.2 Å². The van der Waals surface area contributed by atoms with Gasteiger partial charge in [-0.15, -0.1) is 0 Å². The highest BCUT2D eigenvalue weighted by Crippen LogP contribution is 2.45. The Morgan fingerprint density at radius 1 is 1.19 bits per heavy atom. The molecule has 0 aromatic heterocycles. The van der Waals surface area contributed by atoms with Gasteiger partial charge in [-0.1, -0.05) is 29.3 Å². The van der Waals surface area contributed by atoms with Crippen molar-refractivity contribution in [2.24, 2.45) is 0 Å². The molecule has 4 nitrogen and oxygen atoms in total. The molecule has 0 fully saturated rings. The molecule has 1 aliphatic rings. The van der Waals surface area contributed by atoms with Crippen molar-refractivity contribution < 1.29 is 32.2 Å². The van der Waals surface area contributed by atoms with Crippen molar-refractivity contribution in [1.82, 2.24) is 0 Å². The van der Waals surface area contributed by atoms with Crippen LogP contribution in [-0.2, 0) is 9.53 Å². The number of alkyl halides is 3. The van der Waals surface area contributed by atoms with E-state index in [1.54, 1.807) is 18.2 Å². The fourth-order valence-corrected chi connectivity index (χ4v) is 2.88. The van der Waals surface area contributed by atoms with E-state index in [0.717, 1.165) is 13.2 Å². The van der Waals surface area contributed by atoms with Crippen molar-refractivity contribution in [1.29, 1.82) is 0 Å². The number of hydrogen-bond acceptors (Lipinski definition) is 4. The Labute approximate surface area is 162 Å². The summed E-state index contributed by atoms with van der Waals surface area (Å²) in [5.41, 5.74) is -0.626. The van der Waals surface area contributed by atoms with E-state index in [1.807, 2.05) is 0 Å². The summed E-state index contributed by atoms with van der Waals surface area (Å²) in [6.45, 7) is 0. The van der Waals surface area contributed by atoms with Crippen molar-refractivity contribution in [2.75, 3.05) is 7.11 Å². The van der Waals surface area contributed by atoms with Gasteiger partial charge in [-0.05, 0) is 36.4 Å². The van der Waals surface area contributed by atoms with Crippen molar-refractivity contribution in [3.63, 3.8) is 0 Å². The van der Waals surface area contributed by atoms with Crippen LogP contribution in [0, 0.1) is 0 Å². The molecular weight excluding hydrogens is 408 g/mol. The Hall–Kier alpha value is -2.38. The zero-order valence-electron chi connectivity index (χ0n) is 13.6. The second kappa shape index (κ2) is 7.32. The van der Waals surface area contributed by atoms with Gasteiger partial charge in [0.05, 0.1) is 23.3 Å². The van der Waals surface area contributed by atoms with E-state index < -0.39 is 23.8 Å². The molecule has 0 N–H and O–H groups in total. The molecule has 2 aromatic carbocycles. The molecule has 0 radical (unpaired) electrons. The van der Waals surface area contributed by atoms with E-state index in [2.05, 4.69) is 4.74 Å². The van der Waals surface area contributed by atoms with Crippen molar-refractivity contribution in [2.45, 2.75) is 12.3 Å². The summed E-state index contributed by atoms with van der Waals surface area (Å²) in [6.07, 6.45) is -6.27. The highest BCUT2D eigenvalue weighted by Gasteiger charge is 2.49. The number of halogens is 5. The summed E-state index contributed by atoms with van der Waals surface area (Å²) in [4.78, 5) is 11.9. The minimum absolute atomic E-state index is 0.0264. The molecule has 1 aliphatic heterocycles. The van der Waals surface area contributed by atoms with Crippen LogP contribution in [0.25, 0.3) is 6.08 Å². The molecule has 9 heteroatoms. The van der Waals surface area contributed by atoms with Gasteiger partial charge in [-0.3, -0.25) is 0 Å². The van der Waals surface area contributed by atoms with Crippen LogP contribution in [0.1, 0.15) is 5.56 Å². The summed E-state index contributed by atoms with van der Waals surface area (Å²) in [5.74, 6) is -0.967. The molecule has 142 valence electrons. The molecule has 0 saturated carbocycles. The molecule has 0 aliphatic carbocycles. The van der Waals surface area contributed by atoms with Gasteiger partial charge in [0.2, 0.25) is 6.10 Å². The molecule has 1 heterocycles. The van der Waals surface area contributed by atoms with Gasteiger partial charge in [-0.2, -0.15) is 13.2 Å². The number of fused-ring (bicyclic) bond motifs is 1. The van der Waals surface area contributed by atoms with Gasteiger partial charge >= 0.3 is 12.1 Å². The Kier molecular flexibility index (Phi) is 5.26. The maximum absolute atomic E-state index is 13.3. The van der Waals surface area contributed by atoms with Crippen LogP contribution in [0.3, 0.4) is 0 Å². The number of carbonyl (C=O) groups excluding carboxylic acids is 1. The first-order valence-corrected chi connectivity index (χ1v) is 8.25. The third kappa shape index (κ3) is 3.99. The van der Waals surface area contributed by atoms with Crippen molar-refractivity contribution >= 4 is 35.2 Å². The van der Waals surface area contributed by atoms with Crippen LogP contribution in [0.5, 0.6) is 17.2 Å². The fourth-order valence-electron chi connectivity index (χ4n) is 2.49. The zero-order valence-corrected chi connectivity index (χ0v) is 15.2. The highest BCUT2D eigenvalue weighted by atomic mass is 35.5. The van der Waals surface area contributed by atoms with Gasteiger partial charge in [-0.25, -0.2) is 4.79 Å². The second-order valence-electron chi connectivity index (χ2n) is 5.48. The van der Waals surface area contributed by atoms with Crippen LogP contribution in [-0.4, -0.2) is 25.4 Å². The van der Waals surface area contributed by atoms with Crippen LogP contribution in [0.2, 0.25) is 10.0 Å². The smallest absolute Gasteiger partial charge is 0.430 e. The lowest BCUT2D eigenvalue weighted by atomic mass is 10.0. The van der Waals surface area contributed by atoms with Crippen LogP contribution in [0.15, 0.2) is 42.0 Å². The summed E-state index contributed by atoms with van der Waals surface area (Å²) in [6, 6.07) is 8.96. The monoisotopic (exact) mass is 418 g/mol. The van der Waals surface area contributed by atoms with E-state index in [9.17, 15) is 18.0 Å². The number of hydrogen-bond donors (Lipinski definition) is 0. The van der Waals surface area contributed by atoms with Crippen LogP contribution >= 0.6 is 23.2 Å². The summed E-state index contributed by atoms with van der Waals surface area (Å²) in [5, 5.41) is 0.510. The lowest BCUT2D eigenvalue weighted by Gasteiger charge is -2.28. The van der Waals surface area contributed by atoms with Crippen LogP contribution in [0.4, 0.5) is 13.2 Å². The Bertz CT molecular complexity index is 925. The Morgan fingerprint density at radius 3 is 2.56 bits per heavy atom. The standard InChI is InChI=1S/C18H11Cl2F3O4/c1-25-17(24)12-8-11-14(27-16(12)18(21,22)23)6-5-13(20)15(11)26-10-4-2-3-9(19)7-10/h2-8,16H,1H3. The molecule has 0 saturated heterocycles. The van der Waals surface area contributed by atoms with E-state index in [1.165, 1.54) is 18.2 Å². The second-order valence-corrected chi connectivity index (χ2v) is 6.32. The Morgan fingerprint density at radius 2 is 1.93 bits per heavy atom. The summed E-state index contributed by atoms with van der Waals surface area (Å²) < 4.78 is 55.1. The average molecular weight is 419 g/mol. The SMILES string of the molecule is COC(=O)C1=Cc2c(ccc(Cl)c2Oc2cccc(Cl)c2)OC1C(F)(F)F. The largest absolute Gasteiger partial charge is 0.475 e. The predicted octanol–water partition coefficient (Wildman–Crippen LogP) is 5.67. The molecule has 0 amide bonds. The summed E-state index contributed by atoms with van der Waals surface area (Å²) in [7, 11) is 0.980. The molecule has 3 rings (SSSR count). The molecular formula is C18H11Cl2F3O4. The number of ether oxygens (including phenoxy) is 3. The van der Waals surface area contributed by atoms with Crippen molar-refractivity contribution in [3.8, 4) is 17.2 Å². The summed E-state index contributed by atoms with van der Waals surface area (Å²) >= 11 is 12.1. The number of carbonyl (C=O) groups is 1. The number of esters is 1. The van der Waals surface area contributed by atoms with Crippen LogP contribution < -0.4 is 9.47 Å². The first kappa shape index (κ1) is 19.4. The van der Waals surface area contributed by atoms with E-state index in [0.29, 0.717) is 10.8 Å². The highest BCUT2D eigenvalue weighted by molar-refractivity contribution is 6.32. The lowest BCUT2D eigenvalue weighted by molar-refractivity contribution is -0.187. The molecule has 0 bridgehead atoms. The third-order valence-corrected chi connectivity index (χ3v) is 4.20. The van der Waals surface area contributed by atoms with Gasteiger partial charge in [0.1, 0.15) is 11.5 Å². The first-order chi connectivity index (χ1) is 12.7. The zero-order chi connectivity index (χ0) is 19.8. The lowest BCUT2D eigenvalue weighted by Crippen LogP contribution is -2.40. The number of methoxy groups -OCH3 is 1. The average Bonchev–Trinajstić information content (AvgIpc) is 2.61.